The van der Waals surface area contributed by atoms with E-state index < -0.39 is 5.60 Å². The van der Waals surface area contributed by atoms with Gasteiger partial charge in [0.25, 0.3) is 0 Å². The molecule has 1 fully saturated rings. The van der Waals surface area contributed by atoms with E-state index in [1.165, 1.54) is 0 Å². The molecule has 0 bridgehead atoms. The highest BCUT2D eigenvalue weighted by atomic mass is 16.6. The molecule has 7 nitrogen and oxygen atoms in total. The lowest BCUT2D eigenvalue weighted by molar-refractivity contribution is -0.0733. The summed E-state index contributed by atoms with van der Waals surface area (Å²) in [6, 6.07) is 0. The van der Waals surface area contributed by atoms with Crippen LogP contribution in [0.4, 0.5) is 4.79 Å². The van der Waals surface area contributed by atoms with Crippen molar-refractivity contribution in [2.75, 3.05) is 13.1 Å². The SMILES string of the molecule is Cc1nnc(COC2CN(C(=O)OC(C)(C)C)C2)o1. The second-order valence-electron chi connectivity index (χ2n) is 5.53. The van der Waals surface area contributed by atoms with Gasteiger partial charge in [0, 0.05) is 6.92 Å². The highest BCUT2D eigenvalue weighted by Crippen LogP contribution is 2.18. The molecule has 0 N–H and O–H groups in total. The van der Waals surface area contributed by atoms with Crippen molar-refractivity contribution in [3.63, 3.8) is 0 Å². The molecule has 7 heteroatoms. The first-order chi connectivity index (χ1) is 8.83. The summed E-state index contributed by atoms with van der Waals surface area (Å²) in [5, 5.41) is 7.54. The molecule has 1 aromatic rings. The van der Waals surface area contributed by atoms with Crippen LogP contribution >= 0.6 is 0 Å². The Morgan fingerprint density at radius 1 is 1.42 bits per heavy atom. The number of rotatable bonds is 3. The minimum Gasteiger partial charge on any atom is -0.444 e. The topological polar surface area (TPSA) is 77.7 Å². The first-order valence-corrected chi connectivity index (χ1v) is 6.22. The van der Waals surface area contributed by atoms with Crippen molar-refractivity contribution in [3.05, 3.63) is 11.8 Å². The molecule has 2 heterocycles. The Hall–Kier alpha value is -1.63. The lowest BCUT2D eigenvalue weighted by Crippen LogP contribution is -2.55. The van der Waals surface area contributed by atoms with Crippen molar-refractivity contribution in [1.82, 2.24) is 15.1 Å². The molecule has 0 unspecified atom stereocenters. The molecule has 1 aliphatic rings. The molecule has 0 atom stereocenters. The molecule has 0 aromatic carbocycles. The zero-order valence-corrected chi connectivity index (χ0v) is 11.7. The third-order valence-electron chi connectivity index (χ3n) is 2.51. The predicted molar refractivity (Wildman–Crippen MR) is 65.4 cm³/mol. The molecule has 2 rings (SSSR count). The van der Waals surface area contributed by atoms with Crippen LogP contribution in [-0.2, 0) is 16.1 Å². The number of carbonyl (C=O) groups excluding carboxylic acids is 1. The Morgan fingerprint density at radius 2 is 2.11 bits per heavy atom. The first-order valence-electron chi connectivity index (χ1n) is 6.22. The molecule has 1 amide bonds. The second-order valence-corrected chi connectivity index (χ2v) is 5.53. The van der Waals surface area contributed by atoms with Crippen LogP contribution in [0.1, 0.15) is 32.6 Å². The summed E-state index contributed by atoms with van der Waals surface area (Å²) in [7, 11) is 0. The van der Waals surface area contributed by atoms with Crippen LogP contribution in [0, 0.1) is 6.92 Å². The third kappa shape index (κ3) is 3.92. The molecular formula is C12H19N3O4. The Morgan fingerprint density at radius 3 is 2.63 bits per heavy atom. The second kappa shape index (κ2) is 5.16. The van der Waals surface area contributed by atoms with Gasteiger partial charge in [0.1, 0.15) is 12.2 Å². The van der Waals surface area contributed by atoms with Gasteiger partial charge in [-0.3, -0.25) is 0 Å². The lowest BCUT2D eigenvalue weighted by Gasteiger charge is -2.39. The van der Waals surface area contributed by atoms with E-state index in [9.17, 15) is 4.79 Å². The molecule has 1 aliphatic heterocycles. The van der Waals surface area contributed by atoms with Gasteiger partial charge in [-0.2, -0.15) is 0 Å². The van der Waals surface area contributed by atoms with Gasteiger partial charge in [0.05, 0.1) is 19.2 Å². The van der Waals surface area contributed by atoms with E-state index >= 15 is 0 Å². The van der Waals surface area contributed by atoms with Crippen LogP contribution < -0.4 is 0 Å². The minimum atomic E-state index is -0.468. The molecule has 0 aliphatic carbocycles. The minimum absolute atomic E-state index is 0.000255. The summed E-state index contributed by atoms with van der Waals surface area (Å²) in [5.41, 5.74) is -0.468. The normalized spacial score (nSPS) is 16.3. The van der Waals surface area contributed by atoms with Crippen LogP contribution in [0.3, 0.4) is 0 Å². The maximum Gasteiger partial charge on any atom is 0.410 e. The highest BCUT2D eigenvalue weighted by Gasteiger charge is 2.34. The van der Waals surface area contributed by atoms with E-state index in [1.54, 1.807) is 11.8 Å². The van der Waals surface area contributed by atoms with Crippen molar-refractivity contribution in [1.29, 1.82) is 0 Å². The van der Waals surface area contributed by atoms with Crippen LogP contribution in [-0.4, -0.2) is 46.0 Å². The molecule has 0 radical (unpaired) electrons. The van der Waals surface area contributed by atoms with Crippen LogP contribution in [0.15, 0.2) is 4.42 Å². The zero-order valence-electron chi connectivity index (χ0n) is 11.7. The van der Waals surface area contributed by atoms with Crippen molar-refractivity contribution >= 4 is 6.09 Å². The fraction of sp³-hybridized carbons (Fsp3) is 0.750. The summed E-state index contributed by atoms with van der Waals surface area (Å²) >= 11 is 0. The van der Waals surface area contributed by atoms with E-state index in [0.29, 0.717) is 24.9 Å². The summed E-state index contributed by atoms with van der Waals surface area (Å²) in [6.07, 6.45) is -0.305. The van der Waals surface area contributed by atoms with Gasteiger partial charge in [-0.25, -0.2) is 4.79 Å². The van der Waals surface area contributed by atoms with E-state index in [1.807, 2.05) is 20.8 Å². The van der Waals surface area contributed by atoms with Gasteiger partial charge in [-0.05, 0) is 20.8 Å². The summed E-state index contributed by atoms with van der Waals surface area (Å²) in [4.78, 5) is 13.3. The van der Waals surface area contributed by atoms with Crippen LogP contribution in [0.25, 0.3) is 0 Å². The third-order valence-corrected chi connectivity index (χ3v) is 2.51. The van der Waals surface area contributed by atoms with E-state index in [2.05, 4.69) is 10.2 Å². The van der Waals surface area contributed by atoms with Crippen LogP contribution in [0.5, 0.6) is 0 Å². The number of nitrogens with zero attached hydrogens (tertiary/aromatic N) is 3. The van der Waals surface area contributed by atoms with Gasteiger partial charge < -0.3 is 18.8 Å². The summed E-state index contributed by atoms with van der Waals surface area (Å²) in [5.74, 6) is 0.968. The molecule has 0 spiro atoms. The highest BCUT2D eigenvalue weighted by molar-refractivity contribution is 5.69. The maximum absolute atomic E-state index is 11.7. The largest absolute Gasteiger partial charge is 0.444 e. The van der Waals surface area contributed by atoms with Crippen LogP contribution in [0.2, 0.25) is 0 Å². The number of likely N-dealkylation sites (tertiary alicyclic amines) is 1. The smallest absolute Gasteiger partial charge is 0.410 e. The molecule has 106 valence electrons. The molecule has 1 saturated heterocycles. The van der Waals surface area contributed by atoms with Crippen molar-refractivity contribution in [3.8, 4) is 0 Å². The van der Waals surface area contributed by atoms with Crippen molar-refractivity contribution < 1.29 is 18.7 Å². The summed E-state index contributed by atoms with van der Waals surface area (Å²) in [6.45, 7) is 8.59. The van der Waals surface area contributed by atoms with Gasteiger partial charge >= 0.3 is 6.09 Å². The number of hydrogen-bond donors (Lipinski definition) is 0. The van der Waals surface area contributed by atoms with Gasteiger partial charge in [-0.1, -0.05) is 0 Å². The van der Waals surface area contributed by atoms with E-state index in [0.717, 1.165) is 0 Å². The number of ether oxygens (including phenoxy) is 2. The lowest BCUT2D eigenvalue weighted by atomic mass is 10.2. The molecule has 19 heavy (non-hydrogen) atoms. The fourth-order valence-electron chi connectivity index (χ4n) is 1.60. The maximum atomic E-state index is 11.7. The number of aryl methyl sites for hydroxylation is 1. The zero-order chi connectivity index (χ0) is 14.0. The van der Waals surface area contributed by atoms with Gasteiger partial charge in [0.15, 0.2) is 0 Å². The number of carbonyl (C=O) groups is 1. The van der Waals surface area contributed by atoms with Crippen molar-refractivity contribution in [2.24, 2.45) is 0 Å². The van der Waals surface area contributed by atoms with Gasteiger partial charge in [0.2, 0.25) is 11.8 Å². The Labute approximate surface area is 111 Å². The van der Waals surface area contributed by atoms with Crippen molar-refractivity contribution in [2.45, 2.75) is 46.0 Å². The van der Waals surface area contributed by atoms with E-state index in [4.69, 9.17) is 13.9 Å². The number of hydrogen-bond acceptors (Lipinski definition) is 6. The average Bonchev–Trinajstić information content (AvgIpc) is 2.59. The summed E-state index contributed by atoms with van der Waals surface area (Å²) < 4.78 is 16.0. The molecular weight excluding hydrogens is 250 g/mol. The van der Waals surface area contributed by atoms with E-state index in [-0.39, 0.29) is 18.8 Å². The Kier molecular flexibility index (Phi) is 3.75. The average molecular weight is 269 g/mol. The quantitative estimate of drug-likeness (QED) is 0.827. The Bertz CT molecular complexity index is 446. The standard InChI is InChI=1S/C12H19N3O4/c1-8-13-14-10(18-8)7-17-9-5-15(6-9)11(16)19-12(2,3)4/h9H,5-7H2,1-4H3. The number of aromatic nitrogens is 2. The molecule has 0 saturated carbocycles. The first kappa shape index (κ1) is 13.8. The van der Waals surface area contributed by atoms with Gasteiger partial charge in [-0.15, -0.1) is 10.2 Å². The molecule has 1 aromatic heterocycles. The number of amides is 1. The monoisotopic (exact) mass is 269 g/mol. The Balaban J connectivity index is 1.67. The fourth-order valence-corrected chi connectivity index (χ4v) is 1.60. The predicted octanol–water partition coefficient (Wildman–Crippen LogP) is 1.51.